The monoisotopic (exact) mass is 292 g/mol. The molecule has 2 fully saturated rings. The van der Waals surface area contributed by atoms with Gasteiger partial charge in [-0.1, -0.05) is 23.7 Å². The summed E-state index contributed by atoms with van der Waals surface area (Å²) in [5, 5.41) is 7.22. The minimum atomic E-state index is 0.0144. The van der Waals surface area contributed by atoms with Crippen molar-refractivity contribution in [1.82, 2.24) is 10.6 Å². The fourth-order valence-corrected chi connectivity index (χ4v) is 3.57. The highest BCUT2D eigenvalue weighted by atomic mass is 35.5. The maximum Gasteiger partial charge on any atom is 0.224 e. The van der Waals surface area contributed by atoms with Gasteiger partial charge in [0.2, 0.25) is 5.91 Å². The third kappa shape index (κ3) is 2.70. The molecule has 0 radical (unpaired) electrons. The highest BCUT2D eigenvalue weighted by molar-refractivity contribution is 6.30. The van der Waals surface area contributed by atoms with Gasteiger partial charge < -0.3 is 10.6 Å². The molecule has 3 rings (SSSR count). The van der Waals surface area contributed by atoms with Gasteiger partial charge in [-0.25, -0.2) is 0 Å². The maximum absolute atomic E-state index is 12.4. The van der Waals surface area contributed by atoms with Gasteiger partial charge in [-0.15, -0.1) is 0 Å². The molecule has 0 aromatic heterocycles. The zero-order valence-corrected chi connectivity index (χ0v) is 12.5. The molecule has 0 bridgehead atoms. The van der Waals surface area contributed by atoms with Crippen LogP contribution in [0.15, 0.2) is 24.3 Å². The van der Waals surface area contributed by atoms with Gasteiger partial charge in [0.05, 0.1) is 6.04 Å². The first kappa shape index (κ1) is 13.9. The Kier molecular flexibility index (Phi) is 3.74. The summed E-state index contributed by atoms with van der Waals surface area (Å²) >= 11 is 6.00. The van der Waals surface area contributed by atoms with E-state index in [1.807, 2.05) is 31.2 Å². The van der Waals surface area contributed by atoms with Crippen molar-refractivity contribution >= 4 is 17.5 Å². The maximum atomic E-state index is 12.4. The summed E-state index contributed by atoms with van der Waals surface area (Å²) in [5.41, 5.74) is 1.36. The summed E-state index contributed by atoms with van der Waals surface area (Å²) in [6.07, 6.45) is 3.33. The molecule has 2 unspecified atom stereocenters. The van der Waals surface area contributed by atoms with Gasteiger partial charge in [0.25, 0.3) is 0 Å². The number of amides is 1. The quantitative estimate of drug-likeness (QED) is 0.899. The fraction of sp³-hybridized carbons (Fsp3) is 0.562. The van der Waals surface area contributed by atoms with Crippen LogP contribution in [0.25, 0.3) is 0 Å². The summed E-state index contributed by atoms with van der Waals surface area (Å²) in [4.78, 5) is 12.4. The van der Waals surface area contributed by atoms with Gasteiger partial charge in [0.15, 0.2) is 0 Å². The lowest BCUT2D eigenvalue weighted by Crippen LogP contribution is -2.34. The first-order valence-electron chi connectivity index (χ1n) is 7.37. The molecule has 3 nitrogen and oxygen atoms in total. The van der Waals surface area contributed by atoms with Gasteiger partial charge >= 0.3 is 0 Å². The van der Waals surface area contributed by atoms with Gasteiger partial charge in [-0.2, -0.15) is 0 Å². The molecule has 1 amide bonds. The Balaban J connectivity index is 1.60. The minimum absolute atomic E-state index is 0.0144. The van der Waals surface area contributed by atoms with Gasteiger partial charge in [0, 0.05) is 10.9 Å². The van der Waals surface area contributed by atoms with E-state index in [9.17, 15) is 4.79 Å². The predicted octanol–water partition coefficient (Wildman–Crippen LogP) is 2.91. The molecule has 1 saturated heterocycles. The van der Waals surface area contributed by atoms with Gasteiger partial charge in [0.1, 0.15) is 0 Å². The molecule has 1 spiro atoms. The Morgan fingerprint density at radius 3 is 2.90 bits per heavy atom. The SMILES string of the molecule is CC(NC(=O)C1CC12CCNCC2)c1cccc(Cl)c1. The molecule has 1 aliphatic carbocycles. The lowest BCUT2D eigenvalue weighted by Gasteiger charge is -2.23. The molecule has 108 valence electrons. The molecule has 2 N–H and O–H groups in total. The van der Waals surface area contributed by atoms with Crippen molar-refractivity contribution in [1.29, 1.82) is 0 Å². The largest absolute Gasteiger partial charge is 0.349 e. The number of carbonyl (C=O) groups excluding carboxylic acids is 1. The van der Waals surface area contributed by atoms with Gasteiger partial charge in [-0.3, -0.25) is 4.79 Å². The van der Waals surface area contributed by atoms with E-state index >= 15 is 0 Å². The van der Waals surface area contributed by atoms with Gasteiger partial charge in [-0.05, 0) is 62.4 Å². The first-order chi connectivity index (χ1) is 9.61. The van der Waals surface area contributed by atoms with E-state index in [1.54, 1.807) is 0 Å². The third-order valence-corrected chi connectivity index (χ3v) is 5.05. The standard InChI is InChI=1S/C16H21ClN2O/c1-11(12-3-2-4-13(17)9-12)19-15(20)14-10-16(14)5-7-18-8-6-16/h2-4,9,11,14,18H,5-8,10H2,1H3,(H,19,20). The third-order valence-electron chi connectivity index (χ3n) is 4.81. The number of hydrogen-bond donors (Lipinski definition) is 2. The lowest BCUT2D eigenvalue weighted by molar-refractivity contribution is -0.123. The van der Waals surface area contributed by atoms with Crippen molar-refractivity contribution in [2.45, 2.75) is 32.2 Å². The smallest absolute Gasteiger partial charge is 0.224 e. The van der Waals surface area contributed by atoms with Crippen LogP contribution in [-0.4, -0.2) is 19.0 Å². The number of hydrogen-bond acceptors (Lipinski definition) is 2. The summed E-state index contributed by atoms with van der Waals surface area (Å²) < 4.78 is 0. The van der Waals surface area contributed by atoms with Crippen LogP contribution in [0.2, 0.25) is 5.02 Å². The Bertz CT molecular complexity index is 511. The topological polar surface area (TPSA) is 41.1 Å². The van der Waals surface area contributed by atoms with Crippen molar-refractivity contribution in [3.05, 3.63) is 34.9 Å². The highest BCUT2D eigenvalue weighted by Crippen LogP contribution is 2.58. The minimum Gasteiger partial charge on any atom is -0.349 e. The van der Waals surface area contributed by atoms with Crippen molar-refractivity contribution in [2.75, 3.05) is 13.1 Å². The lowest BCUT2D eigenvalue weighted by atomic mass is 9.91. The Morgan fingerprint density at radius 1 is 1.45 bits per heavy atom. The summed E-state index contributed by atoms with van der Waals surface area (Å²) in [5.74, 6) is 0.422. The van der Waals surface area contributed by atoms with E-state index in [2.05, 4.69) is 10.6 Å². The average Bonchev–Trinajstić information content (AvgIpc) is 3.13. The number of rotatable bonds is 3. The van der Waals surface area contributed by atoms with E-state index in [-0.39, 0.29) is 17.9 Å². The van der Waals surface area contributed by atoms with Crippen LogP contribution >= 0.6 is 11.6 Å². The van der Waals surface area contributed by atoms with Crippen molar-refractivity contribution < 1.29 is 4.79 Å². The number of benzene rings is 1. The predicted molar refractivity (Wildman–Crippen MR) is 80.7 cm³/mol. The molecule has 1 saturated carbocycles. The molecule has 2 aliphatic rings. The second-order valence-electron chi connectivity index (χ2n) is 6.15. The molecule has 4 heteroatoms. The molecule has 1 aromatic carbocycles. The molecule has 20 heavy (non-hydrogen) atoms. The van der Waals surface area contributed by atoms with Crippen LogP contribution in [0.4, 0.5) is 0 Å². The summed E-state index contributed by atoms with van der Waals surface area (Å²) in [7, 11) is 0. The van der Waals surface area contributed by atoms with E-state index in [4.69, 9.17) is 11.6 Å². The second-order valence-corrected chi connectivity index (χ2v) is 6.59. The van der Waals surface area contributed by atoms with Crippen LogP contribution in [0.3, 0.4) is 0 Å². The number of carbonyl (C=O) groups is 1. The highest BCUT2D eigenvalue weighted by Gasteiger charge is 2.57. The molecule has 1 aromatic rings. The van der Waals surface area contributed by atoms with Crippen LogP contribution in [0.5, 0.6) is 0 Å². The van der Waals surface area contributed by atoms with E-state index in [1.165, 1.54) is 0 Å². The van der Waals surface area contributed by atoms with Crippen LogP contribution < -0.4 is 10.6 Å². The molecular weight excluding hydrogens is 272 g/mol. The molecule has 1 heterocycles. The van der Waals surface area contributed by atoms with Crippen LogP contribution in [-0.2, 0) is 4.79 Å². The Hall–Kier alpha value is -1.06. The van der Waals surface area contributed by atoms with Crippen LogP contribution in [0, 0.1) is 11.3 Å². The van der Waals surface area contributed by atoms with E-state index < -0.39 is 0 Å². The number of halogens is 1. The summed E-state index contributed by atoms with van der Waals surface area (Å²) in [6.45, 7) is 4.11. The van der Waals surface area contributed by atoms with Crippen molar-refractivity contribution in [3.8, 4) is 0 Å². The summed E-state index contributed by atoms with van der Waals surface area (Å²) in [6, 6.07) is 7.71. The molecule has 2 atom stereocenters. The average molecular weight is 293 g/mol. The second kappa shape index (κ2) is 5.38. The number of piperidine rings is 1. The van der Waals surface area contributed by atoms with E-state index in [0.29, 0.717) is 10.4 Å². The fourth-order valence-electron chi connectivity index (χ4n) is 3.37. The van der Waals surface area contributed by atoms with Crippen molar-refractivity contribution in [3.63, 3.8) is 0 Å². The Labute approximate surface area is 125 Å². The van der Waals surface area contributed by atoms with Crippen LogP contribution in [0.1, 0.15) is 37.8 Å². The Morgan fingerprint density at radius 2 is 2.20 bits per heavy atom. The number of nitrogens with one attached hydrogen (secondary N) is 2. The molecular formula is C16H21ClN2O. The normalized spacial score (nSPS) is 25.2. The molecule has 1 aliphatic heterocycles. The van der Waals surface area contributed by atoms with Crippen molar-refractivity contribution in [2.24, 2.45) is 11.3 Å². The zero-order valence-electron chi connectivity index (χ0n) is 11.8. The first-order valence-corrected chi connectivity index (χ1v) is 7.75. The zero-order chi connectivity index (χ0) is 14.2. The van der Waals surface area contributed by atoms with E-state index in [0.717, 1.165) is 37.9 Å².